The number of allylic oxidation sites excluding steroid dienone is 1. The minimum Gasteiger partial charge on any atom is -0.327 e. The Kier molecular flexibility index (Phi) is 4.86. The highest BCUT2D eigenvalue weighted by atomic mass is 15.0. The zero-order valence-electron chi connectivity index (χ0n) is 16.4. The van der Waals surface area contributed by atoms with Gasteiger partial charge in [-0.3, -0.25) is 0 Å². The standard InChI is InChI=1S/C26H28N2/c1-3-9-20(10-4-1)18-28-19-27-17-23(28)15-22-16-26(21-11-5-2-6-12-21)25-14-8-7-13-24(22)25/h1,3-4,7-10,13-15,17,19,21,26H,2,5-6,11-12,16,18H2/b22-15-. The van der Waals surface area contributed by atoms with Gasteiger partial charge < -0.3 is 4.57 Å². The fourth-order valence-corrected chi connectivity index (χ4v) is 5.21. The number of hydrogen-bond donors (Lipinski definition) is 0. The van der Waals surface area contributed by atoms with Crippen molar-refractivity contribution in [3.8, 4) is 0 Å². The molecule has 1 aromatic heterocycles. The Morgan fingerprint density at radius 3 is 2.57 bits per heavy atom. The van der Waals surface area contributed by atoms with Gasteiger partial charge in [0.15, 0.2) is 0 Å². The molecule has 0 amide bonds. The second-order valence-corrected chi connectivity index (χ2v) is 8.40. The number of imidazole rings is 1. The topological polar surface area (TPSA) is 17.8 Å². The highest BCUT2D eigenvalue weighted by molar-refractivity contribution is 5.85. The molecule has 2 aliphatic rings. The van der Waals surface area contributed by atoms with Crippen LogP contribution in [0, 0.1) is 5.92 Å². The van der Waals surface area contributed by atoms with Crippen LogP contribution in [-0.2, 0) is 6.54 Å². The minimum atomic E-state index is 0.702. The second kappa shape index (κ2) is 7.79. The summed E-state index contributed by atoms with van der Waals surface area (Å²) in [7, 11) is 0. The van der Waals surface area contributed by atoms with Crippen LogP contribution in [0.4, 0.5) is 0 Å². The summed E-state index contributed by atoms with van der Waals surface area (Å²) in [6.45, 7) is 0.869. The fourth-order valence-electron chi connectivity index (χ4n) is 5.21. The van der Waals surface area contributed by atoms with E-state index in [1.54, 1.807) is 5.56 Å². The van der Waals surface area contributed by atoms with Crippen molar-refractivity contribution in [3.05, 3.63) is 89.5 Å². The molecule has 1 heterocycles. The molecule has 2 aromatic carbocycles. The third kappa shape index (κ3) is 3.44. The maximum atomic E-state index is 4.44. The molecule has 0 aliphatic heterocycles. The van der Waals surface area contributed by atoms with Gasteiger partial charge in [-0.15, -0.1) is 0 Å². The lowest BCUT2D eigenvalue weighted by Crippen LogP contribution is -2.14. The maximum Gasteiger partial charge on any atom is 0.0953 e. The Morgan fingerprint density at radius 1 is 0.929 bits per heavy atom. The number of aromatic nitrogens is 2. The molecular formula is C26H28N2. The molecular weight excluding hydrogens is 340 g/mol. The van der Waals surface area contributed by atoms with E-state index < -0.39 is 0 Å². The lowest BCUT2D eigenvalue weighted by molar-refractivity contribution is 0.310. The molecule has 1 atom stereocenters. The lowest BCUT2D eigenvalue weighted by atomic mass is 9.77. The SMILES string of the molecule is C(=C1\CC(C2CCCCC2)c2ccccc21)/c1cncn1Cc1ccccc1. The van der Waals surface area contributed by atoms with Crippen LogP contribution in [0.2, 0.25) is 0 Å². The molecule has 2 aliphatic carbocycles. The van der Waals surface area contributed by atoms with Gasteiger partial charge in [0.1, 0.15) is 0 Å². The van der Waals surface area contributed by atoms with Crippen LogP contribution < -0.4 is 0 Å². The van der Waals surface area contributed by atoms with E-state index in [1.807, 2.05) is 12.5 Å². The Balaban J connectivity index is 1.45. The fraction of sp³-hybridized carbons (Fsp3) is 0.346. The van der Waals surface area contributed by atoms with Gasteiger partial charge >= 0.3 is 0 Å². The van der Waals surface area contributed by atoms with E-state index in [9.17, 15) is 0 Å². The second-order valence-electron chi connectivity index (χ2n) is 8.40. The minimum absolute atomic E-state index is 0.702. The number of nitrogens with zero attached hydrogens (tertiary/aromatic N) is 2. The Morgan fingerprint density at radius 2 is 1.71 bits per heavy atom. The summed E-state index contributed by atoms with van der Waals surface area (Å²) in [5, 5.41) is 0. The molecule has 1 saturated carbocycles. The molecule has 5 rings (SSSR count). The van der Waals surface area contributed by atoms with Crippen LogP contribution in [0.25, 0.3) is 11.6 Å². The Labute approximate surface area is 167 Å². The molecule has 28 heavy (non-hydrogen) atoms. The maximum absolute atomic E-state index is 4.44. The summed E-state index contributed by atoms with van der Waals surface area (Å²) < 4.78 is 2.26. The van der Waals surface area contributed by atoms with Gasteiger partial charge in [0.25, 0.3) is 0 Å². The van der Waals surface area contributed by atoms with Crippen molar-refractivity contribution in [3.63, 3.8) is 0 Å². The van der Waals surface area contributed by atoms with Gasteiger partial charge in [-0.1, -0.05) is 73.9 Å². The molecule has 142 valence electrons. The number of benzene rings is 2. The molecule has 3 aromatic rings. The average molecular weight is 369 g/mol. The van der Waals surface area contributed by atoms with Crippen molar-refractivity contribution in [2.45, 2.75) is 51.0 Å². The van der Waals surface area contributed by atoms with Crippen LogP contribution in [-0.4, -0.2) is 9.55 Å². The third-order valence-corrected chi connectivity index (χ3v) is 6.63. The number of hydrogen-bond acceptors (Lipinski definition) is 1. The van der Waals surface area contributed by atoms with Gasteiger partial charge in [-0.25, -0.2) is 4.98 Å². The first kappa shape index (κ1) is 17.5. The Bertz CT molecular complexity index is 961. The predicted molar refractivity (Wildman–Crippen MR) is 116 cm³/mol. The quantitative estimate of drug-likeness (QED) is 0.511. The van der Waals surface area contributed by atoms with Crippen molar-refractivity contribution in [2.24, 2.45) is 5.92 Å². The van der Waals surface area contributed by atoms with Gasteiger partial charge in [-0.2, -0.15) is 0 Å². The van der Waals surface area contributed by atoms with Crippen LogP contribution in [0.15, 0.2) is 67.1 Å². The van der Waals surface area contributed by atoms with E-state index in [0.29, 0.717) is 5.92 Å². The first-order valence-corrected chi connectivity index (χ1v) is 10.7. The van der Waals surface area contributed by atoms with Crippen LogP contribution in [0.1, 0.15) is 66.8 Å². The average Bonchev–Trinajstić information content (AvgIpc) is 3.35. The van der Waals surface area contributed by atoms with E-state index in [0.717, 1.165) is 12.5 Å². The number of rotatable bonds is 4. The lowest BCUT2D eigenvalue weighted by Gasteiger charge is -2.27. The van der Waals surface area contributed by atoms with Crippen molar-refractivity contribution in [2.75, 3.05) is 0 Å². The highest BCUT2D eigenvalue weighted by Crippen LogP contribution is 2.49. The van der Waals surface area contributed by atoms with E-state index in [4.69, 9.17) is 0 Å². The molecule has 0 spiro atoms. The largest absolute Gasteiger partial charge is 0.327 e. The molecule has 1 fully saturated rings. The number of fused-ring (bicyclic) bond motifs is 1. The van der Waals surface area contributed by atoms with Crippen LogP contribution in [0.3, 0.4) is 0 Å². The molecule has 2 heteroatoms. The van der Waals surface area contributed by atoms with E-state index in [-0.39, 0.29) is 0 Å². The van der Waals surface area contributed by atoms with E-state index in [1.165, 1.54) is 60.9 Å². The van der Waals surface area contributed by atoms with E-state index >= 15 is 0 Å². The van der Waals surface area contributed by atoms with Crippen LogP contribution in [0.5, 0.6) is 0 Å². The first-order chi connectivity index (χ1) is 13.9. The molecule has 0 N–H and O–H groups in total. The van der Waals surface area contributed by atoms with Gasteiger partial charge in [0.05, 0.1) is 18.2 Å². The van der Waals surface area contributed by atoms with Crippen molar-refractivity contribution >= 4 is 11.6 Å². The predicted octanol–water partition coefficient (Wildman–Crippen LogP) is 6.54. The third-order valence-electron chi connectivity index (χ3n) is 6.63. The van der Waals surface area contributed by atoms with Crippen molar-refractivity contribution < 1.29 is 0 Å². The summed E-state index contributed by atoms with van der Waals surface area (Å²) in [6, 6.07) is 19.7. The zero-order chi connectivity index (χ0) is 18.8. The van der Waals surface area contributed by atoms with Crippen molar-refractivity contribution in [1.29, 1.82) is 0 Å². The van der Waals surface area contributed by atoms with Gasteiger partial charge in [0.2, 0.25) is 0 Å². The van der Waals surface area contributed by atoms with Gasteiger partial charge in [-0.05, 0) is 59.4 Å². The molecule has 0 saturated heterocycles. The highest BCUT2D eigenvalue weighted by Gasteiger charge is 2.33. The smallest absolute Gasteiger partial charge is 0.0953 e. The summed E-state index contributed by atoms with van der Waals surface area (Å²) >= 11 is 0. The van der Waals surface area contributed by atoms with Crippen LogP contribution >= 0.6 is 0 Å². The van der Waals surface area contributed by atoms with Crippen molar-refractivity contribution in [1.82, 2.24) is 9.55 Å². The molecule has 2 nitrogen and oxygen atoms in total. The molecule has 0 radical (unpaired) electrons. The Hall–Kier alpha value is -2.61. The molecule has 1 unspecified atom stereocenters. The first-order valence-electron chi connectivity index (χ1n) is 10.7. The normalized spacial score (nSPS) is 21.1. The molecule has 0 bridgehead atoms. The summed E-state index contributed by atoms with van der Waals surface area (Å²) in [5.41, 5.74) is 7.05. The summed E-state index contributed by atoms with van der Waals surface area (Å²) in [4.78, 5) is 4.44. The zero-order valence-corrected chi connectivity index (χ0v) is 16.4. The summed E-state index contributed by atoms with van der Waals surface area (Å²) in [5.74, 6) is 1.56. The van der Waals surface area contributed by atoms with E-state index in [2.05, 4.69) is 70.2 Å². The summed E-state index contributed by atoms with van der Waals surface area (Å²) in [6.07, 6.45) is 14.6. The monoisotopic (exact) mass is 368 g/mol. The van der Waals surface area contributed by atoms with Gasteiger partial charge in [0, 0.05) is 6.54 Å².